The van der Waals surface area contributed by atoms with Crippen LogP contribution in [0, 0.1) is 0 Å². The van der Waals surface area contributed by atoms with Gasteiger partial charge in [0.1, 0.15) is 19.8 Å². The third-order valence-corrected chi connectivity index (χ3v) is 12.5. The van der Waals surface area contributed by atoms with Crippen molar-refractivity contribution < 1.29 is 42.1 Å². The molecule has 0 saturated carbocycles. The molecule has 0 aromatic rings. The smallest absolute Gasteiger partial charge is 0.462 e. The molecular weight excluding hydrogens is 918 g/mol. The molecule has 9 nitrogen and oxygen atoms in total. The number of nitrogens with zero attached hydrogens (tertiary/aromatic N) is 1. The van der Waals surface area contributed by atoms with Gasteiger partial charge >= 0.3 is 19.8 Å². The number of allylic oxidation sites excluding steroid dienone is 20. The molecule has 0 aromatic carbocycles. The number of carbonyl (C=O) groups excluding carboxylic acids is 2. The van der Waals surface area contributed by atoms with Crippen LogP contribution in [0.2, 0.25) is 0 Å². The van der Waals surface area contributed by atoms with Crippen LogP contribution in [0.5, 0.6) is 0 Å². The summed E-state index contributed by atoms with van der Waals surface area (Å²) in [6.07, 6.45) is 74.0. The van der Waals surface area contributed by atoms with Crippen molar-refractivity contribution >= 4 is 19.8 Å². The van der Waals surface area contributed by atoms with Gasteiger partial charge in [0.05, 0.1) is 27.7 Å². The Morgan fingerprint density at radius 2 is 0.792 bits per heavy atom. The predicted molar refractivity (Wildman–Crippen MR) is 307 cm³/mol. The van der Waals surface area contributed by atoms with Crippen molar-refractivity contribution in [2.75, 3.05) is 47.5 Å². The molecule has 0 aliphatic heterocycles. The average molecular weight is 1020 g/mol. The lowest BCUT2D eigenvalue weighted by Gasteiger charge is -2.24. The van der Waals surface area contributed by atoms with E-state index in [2.05, 4.69) is 135 Å². The number of phosphoric acid groups is 1. The molecule has 2 atom stereocenters. The van der Waals surface area contributed by atoms with E-state index in [0.717, 1.165) is 116 Å². The highest BCUT2D eigenvalue weighted by atomic mass is 31.2. The number of unbranched alkanes of at least 4 members (excludes halogenated alkanes) is 16. The fraction of sp³-hybridized carbons (Fsp3) is 0.645. The van der Waals surface area contributed by atoms with Crippen LogP contribution in [0.4, 0.5) is 0 Å². The van der Waals surface area contributed by atoms with Gasteiger partial charge in [0.25, 0.3) is 0 Å². The summed E-state index contributed by atoms with van der Waals surface area (Å²) in [5.41, 5.74) is 0. The molecule has 0 fully saturated rings. The van der Waals surface area contributed by atoms with E-state index in [-0.39, 0.29) is 32.0 Å². The number of hydrogen-bond acceptors (Lipinski definition) is 7. The molecule has 0 heterocycles. The Balaban J connectivity index is 4.30. The number of quaternary nitrogens is 1. The maximum Gasteiger partial charge on any atom is 0.472 e. The Bertz CT molecular complexity index is 1630. The molecule has 0 spiro atoms. The molecule has 0 aliphatic carbocycles. The first kappa shape index (κ1) is 68.4. The molecule has 0 aliphatic rings. The summed E-state index contributed by atoms with van der Waals surface area (Å²) in [5, 5.41) is 0. The minimum Gasteiger partial charge on any atom is -0.462 e. The Morgan fingerprint density at radius 3 is 1.18 bits per heavy atom. The minimum atomic E-state index is -4.40. The molecule has 0 rings (SSSR count). The second kappa shape index (κ2) is 52.3. The first-order valence-corrected chi connectivity index (χ1v) is 29.8. The normalized spacial score (nSPS) is 14.2. The summed E-state index contributed by atoms with van der Waals surface area (Å²) in [6.45, 7) is 4.24. The molecular formula is C62H105NO8P+. The molecule has 72 heavy (non-hydrogen) atoms. The molecule has 2 unspecified atom stereocenters. The van der Waals surface area contributed by atoms with Gasteiger partial charge in [0.2, 0.25) is 0 Å². The quantitative estimate of drug-likeness (QED) is 0.0211. The van der Waals surface area contributed by atoms with Crippen molar-refractivity contribution in [3.8, 4) is 0 Å². The largest absolute Gasteiger partial charge is 0.472 e. The van der Waals surface area contributed by atoms with Gasteiger partial charge in [-0.2, -0.15) is 0 Å². The van der Waals surface area contributed by atoms with Crippen molar-refractivity contribution in [2.45, 2.75) is 213 Å². The van der Waals surface area contributed by atoms with Crippen LogP contribution in [-0.2, 0) is 32.7 Å². The number of carbonyl (C=O) groups is 2. The van der Waals surface area contributed by atoms with Gasteiger partial charge in [0.15, 0.2) is 6.10 Å². The second-order valence-corrected chi connectivity index (χ2v) is 21.0. The van der Waals surface area contributed by atoms with Crippen LogP contribution in [0.15, 0.2) is 122 Å². The second-order valence-electron chi connectivity index (χ2n) is 19.6. The van der Waals surface area contributed by atoms with Crippen molar-refractivity contribution in [3.63, 3.8) is 0 Å². The molecule has 0 radical (unpaired) electrons. The standard InChI is InChI=1S/C62H104NO8P/c1-6-8-10-12-14-16-18-20-22-24-26-27-28-29-30-31-32-33-34-35-37-39-41-43-45-47-49-51-53-55-62(65)71-60(59-70-72(66,67)69-57-56-63(3,4)5)58-68-61(64)54-52-50-48-46-44-42-40-38-36-25-23-21-19-17-15-13-11-9-7-2/h8,10,14-17,20-23,26-27,29-30,32-33,35,37,41,43,60H,6-7,9,11-13,18-19,24-25,28,31,34,36,38-40,42,44-59H2,1-5H3/p+1/b10-8-,16-14-,17-15-,22-20-,23-21-,27-26-,30-29-,33-32-,37-35-,43-41-. The minimum absolute atomic E-state index is 0.0187. The fourth-order valence-electron chi connectivity index (χ4n) is 7.12. The molecule has 0 amide bonds. The van der Waals surface area contributed by atoms with Crippen LogP contribution < -0.4 is 0 Å². The topological polar surface area (TPSA) is 108 Å². The number of esters is 2. The number of rotatable bonds is 50. The number of likely N-dealkylation sites (N-methyl/N-ethyl adjacent to an activating group) is 1. The van der Waals surface area contributed by atoms with Crippen LogP contribution in [0.3, 0.4) is 0 Å². The van der Waals surface area contributed by atoms with E-state index in [1.54, 1.807) is 0 Å². The summed E-state index contributed by atoms with van der Waals surface area (Å²) in [4.78, 5) is 35.7. The number of ether oxygens (including phenoxy) is 2. The maximum absolute atomic E-state index is 12.8. The first-order chi connectivity index (χ1) is 35.0. The lowest BCUT2D eigenvalue weighted by molar-refractivity contribution is -0.870. The zero-order chi connectivity index (χ0) is 52.7. The highest BCUT2D eigenvalue weighted by molar-refractivity contribution is 7.47. The van der Waals surface area contributed by atoms with Crippen molar-refractivity contribution in [2.24, 2.45) is 0 Å². The van der Waals surface area contributed by atoms with Gasteiger partial charge in [-0.3, -0.25) is 18.6 Å². The highest BCUT2D eigenvalue weighted by Gasteiger charge is 2.27. The lowest BCUT2D eigenvalue weighted by atomic mass is 10.1. The monoisotopic (exact) mass is 1020 g/mol. The van der Waals surface area contributed by atoms with E-state index in [1.807, 2.05) is 21.1 Å². The summed E-state index contributed by atoms with van der Waals surface area (Å²) < 4.78 is 34.5. The first-order valence-electron chi connectivity index (χ1n) is 28.3. The van der Waals surface area contributed by atoms with Crippen molar-refractivity contribution in [3.05, 3.63) is 122 Å². The van der Waals surface area contributed by atoms with Gasteiger partial charge in [0, 0.05) is 12.8 Å². The van der Waals surface area contributed by atoms with Gasteiger partial charge in [-0.25, -0.2) is 4.57 Å². The fourth-order valence-corrected chi connectivity index (χ4v) is 7.86. The van der Waals surface area contributed by atoms with Gasteiger partial charge in [-0.1, -0.05) is 206 Å². The summed E-state index contributed by atoms with van der Waals surface area (Å²) >= 11 is 0. The zero-order valence-corrected chi connectivity index (χ0v) is 47.3. The third kappa shape index (κ3) is 55.7. The van der Waals surface area contributed by atoms with Crippen molar-refractivity contribution in [1.82, 2.24) is 0 Å². The summed E-state index contributed by atoms with van der Waals surface area (Å²) in [5.74, 6) is -0.840. The van der Waals surface area contributed by atoms with E-state index in [1.165, 1.54) is 57.8 Å². The van der Waals surface area contributed by atoms with Gasteiger partial charge in [-0.15, -0.1) is 0 Å². The van der Waals surface area contributed by atoms with Crippen LogP contribution in [0.25, 0.3) is 0 Å². The lowest BCUT2D eigenvalue weighted by Crippen LogP contribution is -2.37. The van der Waals surface area contributed by atoms with Crippen LogP contribution in [0.1, 0.15) is 206 Å². The number of hydrogen-bond donors (Lipinski definition) is 1. The third-order valence-electron chi connectivity index (χ3n) is 11.5. The van der Waals surface area contributed by atoms with E-state index in [0.29, 0.717) is 17.4 Å². The Kier molecular flexibility index (Phi) is 49.7. The predicted octanol–water partition coefficient (Wildman–Crippen LogP) is 17.6. The SMILES string of the molecule is CC/C=C\C/C=C\C/C=C\C/C=C\C/C=C\C/C=C\C/C=C\C/C=C\CCCCCCC(=O)OC(COC(=O)CCCCCCCCCCC/C=C\C/C=C\CCCCC)COP(=O)(O)OCC[N+](C)(C)C. The van der Waals surface area contributed by atoms with E-state index < -0.39 is 26.5 Å². The molecule has 10 heteroatoms. The average Bonchev–Trinajstić information content (AvgIpc) is 3.34. The summed E-state index contributed by atoms with van der Waals surface area (Å²) in [7, 11) is 1.44. The maximum atomic E-state index is 12.8. The van der Waals surface area contributed by atoms with Crippen LogP contribution in [-0.4, -0.2) is 74.9 Å². The van der Waals surface area contributed by atoms with Gasteiger partial charge < -0.3 is 18.9 Å². The van der Waals surface area contributed by atoms with Gasteiger partial charge in [-0.05, 0) is 109 Å². The molecule has 410 valence electrons. The Labute approximate surface area is 441 Å². The van der Waals surface area contributed by atoms with Crippen LogP contribution >= 0.6 is 7.82 Å². The molecule has 0 saturated heterocycles. The zero-order valence-electron chi connectivity index (χ0n) is 46.4. The number of phosphoric ester groups is 1. The van der Waals surface area contributed by atoms with Crippen molar-refractivity contribution in [1.29, 1.82) is 0 Å². The molecule has 0 bridgehead atoms. The van der Waals surface area contributed by atoms with E-state index in [9.17, 15) is 19.0 Å². The molecule has 1 N–H and O–H groups in total. The van der Waals surface area contributed by atoms with E-state index in [4.69, 9.17) is 18.5 Å². The highest BCUT2D eigenvalue weighted by Crippen LogP contribution is 2.43. The Morgan fingerprint density at radius 1 is 0.444 bits per heavy atom. The summed E-state index contributed by atoms with van der Waals surface area (Å²) in [6, 6.07) is 0. The Hall–Kier alpha value is -3.59. The van der Waals surface area contributed by atoms with E-state index >= 15 is 0 Å². The molecule has 0 aromatic heterocycles.